The van der Waals surface area contributed by atoms with Crippen LogP contribution in [0.25, 0.3) is 12.2 Å². The molecule has 2 rings (SSSR count). The molecule has 0 aromatic heterocycles. The average molecular weight is 262 g/mol. The van der Waals surface area contributed by atoms with Crippen molar-refractivity contribution in [3.63, 3.8) is 0 Å². The van der Waals surface area contributed by atoms with Crippen LogP contribution in [0.2, 0.25) is 0 Å². The number of benzene rings is 2. The summed E-state index contributed by atoms with van der Waals surface area (Å²) in [5.74, 6) is 0.131. The molecule has 0 aliphatic carbocycles. The highest BCUT2D eigenvalue weighted by molar-refractivity contribution is 5.71. The van der Waals surface area contributed by atoms with Gasteiger partial charge in [-0.1, -0.05) is 24.3 Å². The standard InChI is InChI=1S/C16H16O3/c1-18-15-7-5-12(6-8-15)3-4-13-9-14(17)11-16(10-13)19-2/h3-11,17H,1-2H3/b4-3+/i1D3,2D3. The third kappa shape index (κ3) is 3.52. The molecule has 0 radical (unpaired) electrons. The Labute approximate surface area is 121 Å². The van der Waals surface area contributed by atoms with E-state index >= 15 is 0 Å². The van der Waals surface area contributed by atoms with Gasteiger partial charge in [0.25, 0.3) is 0 Å². The van der Waals surface area contributed by atoms with Crippen molar-refractivity contribution in [2.45, 2.75) is 0 Å². The first-order valence-electron chi connectivity index (χ1n) is 8.50. The fourth-order valence-electron chi connectivity index (χ4n) is 1.60. The number of phenolic OH excluding ortho intramolecular Hbond substituents is 1. The lowest BCUT2D eigenvalue weighted by atomic mass is 10.1. The lowest BCUT2D eigenvalue weighted by molar-refractivity contribution is 0.407. The van der Waals surface area contributed by atoms with Crippen molar-refractivity contribution in [3.8, 4) is 17.2 Å². The highest BCUT2D eigenvalue weighted by Gasteiger charge is 1.97. The van der Waals surface area contributed by atoms with Crippen LogP contribution in [0.5, 0.6) is 17.2 Å². The molecule has 3 heteroatoms. The second-order valence-corrected chi connectivity index (χ2v) is 3.87. The van der Waals surface area contributed by atoms with Crippen molar-refractivity contribution in [1.82, 2.24) is 0 Å². The molecule has 0 saturated heterocycles. The van der Waals surface area contributed by atoms with E-state index in [1.54, 1.807) is 24.3 Å². The van der Waals surface area contributed by atoms with Crippen LogP contribution in [0.15, 0.2) is 42.5 Å². The highest BCUT2D eigenvalue weighted by atomic mass is 16.5. The Balaban J connectivity index is 2.13. The first-order valence-corrected chi connectivity index (χ1v) is 5.50. The third-order valence-electron chi connectivity index (χ3n) is 2.50. The van der Waals surface area contributed by atoms with Gasteiger partial charge < -0.3 is 14.6 Å². The summed E-state index contributed by atoms with van der Waals surface area (Å²) in [5.41, 5.74) is 1.31. The smallest absolute Gasteiger partial charge is 0.123 e. The van der Waals surface area contributed by atoms with Crippen molar-refractivity contribution in [1.29, 1.82) is 0 Å². The van der Waals surface area contributed by atoms with E-state index in [0.717, 1.165) is 5.56 Å². The maximum absolute atomic E-state index is 9.67. The Morgan fingerprint density at radius 1 is 0.895 bits per heavy atom. The fourth-order valence-corrected chi connectivity index (χ4v) is 1.60. The molecule has 0 amide bonds. The van der Waals surface area contributed by atoms with Gasteiger partial charge in [-0.15, -0.1) is 0 Å². The molecule has 0 fully saturated rings. The summed E-state index contributed by atoms with van der Waals surface area (Å²) in [6.07, 6.45) is 3.37. The first-order chi connectivity index (χ1) is 11.5. The largest absolute Gasteiger partial charge is 0.508 e. The number of aromatic hydroxyl groups is 1. The molecule has 0 saturated carbocycles. The molecule has 2 aromatic carbocycles. The average Bonchev–Trinajstić information content (AvgIpc) is 2.42. The zero-order valence-corrected chi connectivity index (χ0v) is 9.96. The van der Waals surface area contributed by atoms with E-state index in [-0.39, 0.29) is 17.2 Å². The van der Waals surface area contributed by atoms with Crippen LogP contribution >= 0.6 is 0 Å². The zero-order valence-electron chi connectivity index (χ0n) is 16.0. The topological polar surface area (TPSA) is 38.7 Å². The summed E-state index contributed by atoms with van der Waals surface area (Å²) < 4.78 is 51.9. The van der Waals surface area contributed by atoms with Gasteiger partial charge in [0, 0.05) is 6.07 Å². The molecular formula is C16H16O3. The van der Waals surface area contributed by atoms with Gasteiger partial charge in [0.2, 0.25) is 0 Å². The number of hydrogen-bond donors (Lipinski definition) is 1. The van der Waals surface area contributed by atoms with Gasteiger partial charge in [-0.05, 0) is 35.4 Å². The summed E-state index contributed by atoms with van der Waals surface area (Å²) in [4.78, 5) is 0. The minimum Gasteiger partial charge on any atom is -0.508 e. The van der Waals surface area contributed by atoms with Gasteiger partial charge in [-0.3, -0.25) is 0 Å². The van der Waals surface area contributed by atoms with E-state index in [4.69, 9.17) is 17.7 Å². The van der Waals surface area contributed by atoms with Crippen molar-refractivity contribution in [3.05, 3.63) is 53.6 Å². The van der Waals surface area contributed by atoms with Crippen molar-refractivity contribution in [2.75, 3.05) is 14.1 Å². The predicted molar refractivity (Wildman–Crippen MR) is 76.6 cm³/mol. The summed E-state index contributed by atoms with van der Waals surface area (Å²) in [6.45, 7) is 0. The predicted octanol–water partition coefficient (Wildman–Crippen LogP) is 3.58. The van der Waals surface area contributed by atoms with Crippen LogP contribution < -0.4 is 9.47 Å². The molecule has 0 aliphatic rings. The number of phenols is 1. The van der Waals surface area contributed by atoms with Crippen molar-refractivity contribution < 1.29 is 22.8 Å². The van der Waals surface area contributed by atoms with Crippen LogP contribution in [-0.4, -0.2) is 19.2 Å². The Kier molecular flexibility index (Phi) is 2.27. The van der Waals surface area contributed by atoms with Crippen LogP contribution in [0.4, 0.5) is 0 Å². The van der Waals surface area contributed by atoms with E-state index in [0.29, 0.717) is 5.56 Å². The van der Waals surface area contributed by atoms with E-state index < -0.39 is 14.1 Å². The normalized spacial score (nSPS) is 16.6. The molecule has 0 heterocycles. The number of rotatable bonds is 4. The second kappa shape index (κ2) is 5.96. The summed E-state index contributed by atoms with van der Waals surface area (Å²) >= 11 is 0. The van der Waals surface area contributed by atoms with E-state index in [2.05, 4.69) is 0 Å². The molecule has 0 bridgehead atoms. The molecule has 3 nitrogen and oxygen atoms in total. The van der Waals surface area contributed by atoms with Crippen LogP contribution in [0.3, 0.4) is 0 Å². The van der Waals surface area contributed by atoms with Gasteiger partial charge in [0.1, 0.15) is 17.2 Å². The van der Waals surface area contributed by atoms with Gasteiger partial charge in [0.05, 0.1) is 22.3 Å². The van der Waals surface area contributed by atoms with Gasteiger partial charge in [-0.2, -0.15) is 0 Å². The van der Waals surface area contributed by atoms with Gasteiger partial charge >= 0.3 is 0 Å². The van der Waals surface area contributed by atoms with Crippen LogP contribution in [0, 0.1) is 0 Å². The molecule has 0 atom stereocenters. The van der Waals surface area contributed by atoms with Crippen LogP contribution in [-0.2, 0) is 0 Å². The SMILES string of the molecule is [2H]C([2H])([2H])Oc1ccc(/C=C/c2cc(O)cc(OC([2H])([2H])[2H])c2)cc1. The zero-order chi connectivity index (χ0) is 18.7. The number of ether oxygens (including phenoxy) is 2. The molecule has 0 spiro atoms. The fraction of sp³-hybridized carbons (Fsp3) is 0.125. The maximum atomic E-state index is 9.67. The number of hydrogen-bond acceptors (Lipinski definition) is 3. The Morgan fingerprint density at radius 2 is 1.58 bits per heavy atom. The maximum Gasteiger partial charge on any atom is 0.123 e. The summed E-state index contributed by atoms with van der Waals surface area (Å²) in [5, 5.41) is 9.67. The minimum absolute atomic E-state index is 0.0288. The number of methoxy groups -OCH3 is 2. The third-order valence-corrected chi connectivity index (χ3v) is 2.50. The molecule has 2 aromatic rings. The first kappa shape index (κ1) is 7.24. The Hall–Kier alpha value is -2.42. The molecule has 1 N–H and O–H groups in total. The lowest BCUT2D eigenvalue weighted by Crippen LogP contribution is -1.83. The summed E-state index contributed by atoms with van der Waals surface area (Å²) in [6, 6.07) is 10.5. The quantitative estimate of drug-likeness (QED) is 0.856. The van der Waals surface area contributed by atoms with Gasteiger partial charge in [0.15, 0.2) is 0 Å². The monoisotopic (exact) mass is 262 g/mol. The molecular weight excluding hydrogens is 240 g/mol. The van der Waals surface area contributed by atoms with Crippen molar-refractivity contribution >= 4 is 12.2 Å². The molecule has 98 valence electrons. The Morgan fingerprint density at radius 3 is 2.32 bits per heavy atom. The van der Waals surface area contributed by atoms with E-state index in [1.165, 1.54) is 30.3 Å². The second-order valence-electron chi connectivity index (χ2n) is 3.87. The Bertz CT molecular complexity index is 748. The lowest BCUT2D eigenvalue weighted by Gasteiger charge is -2.03. The molecule has 0 unspecified atom stereocenters. The molecule has 0 aliphatic heterocycles. The van der Waals surface area contributed by atoms with Crippen LogP contribution in [0.1, 0.15) is 19.4 Å². The van der Waals surface area contributed by atoms with E-state index in [1.807, 2.05) is 0 Å². The van der Waals surface area contributed by atoms with Gasteiger partial charge in [-0.25, -0.2) is 0 Å². The van der Waals surface area contributed by atoms with E-state index in [9.17, 15) is 5.11 Å². The van der Waals surface area contributed by atoms with Crippen molar-refractivity contribution in [2.24, 2.45) is 0 Å². The summed E-state index contributed by atoms with van der Waals surface area (Å²) in [7, 11) is -5.11. The highest BCUT2D eigenvalue weighted by Crippen LogP contribution is 2.23. The minimum atomic E-state index is -2.60. The molecule has 19 heavy (non-hydrogen) atoms.